The van der Waals surface area contributed by atoms with Crippen LogP contribution in [-0.4, -0.2) is 36.4 Å². The van der Waals surface area contributed by atoms with Crippen molar-refractivity contribution in [3.63, 3.8) is 0 Å². The summed E-state index contributed by atoms with van der Waals surface area (Å²) in [5.41, 5.74) is 0.872. The molecule has 1 aliphatic heterocycles. The molecule has 1 aromatic carbocycles. The molecule has 5 nitrogen and oxygen atoms in total. The molecule has 1 saturated heterocycles. The van der Waals surface area contributed by atoms with Crippen LogP contribution in [0.25, 0.3) is 0 Å². The first kappa shape index (κ1) is 16.9. The second-order valence-electron chi connectivity index (χ2n) is 6.31. The molecule has 0 saturated carbocycles. The molecule has 1 aromatic heterocycles. The van der Waals surface area contributed by atoms with Gasteiger partial charge in [-0.2, -0.15) is 0 Å². The molecule has 1 atom stereocenters. The number of aryl methyl sites for hydroxylation is 1. The van der Waals surface area contributed by atoms with Gasteiger partial charge in [0.2, 0.25) is 0 Å². The Hall–Kier alpha value is -1.98. The smallest absolute Gasteiger partial charge is 0.123 e. The number of aromatic hydroxyl groups is 1. The second kappa shape index (κ2) is 7.73. The van der Waals surface area contributed by atoms with Crippen molar-refractivity contribution in [2.75, 3.05) is 20.3 Å². The molecule has 1 fully saturated rings. The predicted octanol–water partition coefficient (Wildman–Crippen LogP) is 3.48. The molecule has 130 valence electrons. The highest BCUT2D eigenvalue weighted by Gasteiger charge is 2.21. The highest BCUT2D eigenvalue weighted by Crippen LogP contribution is 2.26. The van der Waals surface area contributed by atoms with E-state index in [0.717, 1.165) is 43.1 Å². The Kier molecular flexibility index (Phi) is 5.43. The number of furan rings is 1. The van der Waals surface area contributed by atoms with Gasteiger partial charge in [0, 0.05) is 31.3 Å². The standard InChI is InChI=1S/C19H25NO4/c1-14-5-7-18(24-14)13-20(12-17-4-3-9-23-17)11-15-6-8-16(22-2)10-19(15)21/h5-8,10,17,21H,3-4,9,11-13H2,1-2H3. The molecule has 2 heterocycles. The first-order valence-electron chi connectivity index (χ1n) is 8.39. The van der Waals surface area contributed by atoms with Crippen molar-refractivity contribution in [3.8, 4) is 11.5 Å². The maximum absolute atomic E-state index is 10.2. The maximum Gasteiger partial charge on any atom is 0.123 e. The Balaban J connectivity index is 1.72. The number of rotatable bonds is 7. The molecular weight excluding hydrogens is 306 g/mol. The van der Waals surface area contributed by atoms with Crippen molar-refractivity contribution in [2.24, 2.45) is 0 Å². The number of phenols is 1. The lowest BCUT2D eigenvalue weighted by Crippen LogP contribution is -2.31. The minimum Gasteiger partial charge on any atom is -0.507 e. The summed E-state index contributed by atoms with van der Waals surface area (Å²) >= 11 is 0. The van der Waals surface area contributed by atoms with Gasteiger partial charge in [0.1, 0.15) is 23.0 Å². The fraction of sp³-hybridized carbons (Fsp3) is 0.474. The lowest BCUT2D eigenvalue weighted by Gasteiger charge is -2.25. The first-order valence-corrected chi connectivity index (χ1v) is 8.39. The number of benzene rings is 1. The normalized spacial score (nSPS) is 17.5. The summed E-state index contributed by atoms with van der Waals surface area (Å²) in [6.45, 7) is 4.94. The first-order chi connectivity index (χ1) is 11.6. The minimum atomic E-state index is 0.251. The monoisotopic (exact) mass is 331 g/mol. The Labute approximate surface area is 142 Å². The van der Waals surface area contributed by atoms with Gasteiger partial charge in [0.25, 0.3) is 0 Å². The second-order valence-corrected chi connectivity index (χ2v) is 6.31. The van der Waals surface area contributed by atoms with Gasteiger partial charge >= 0.3 is 0 Å². The molecular formula is C19H25NO4. The summed E-state index contributed by atoms with van der Waals surface area (Å²) in [5, 5.41) is 10.2. The summed E-state index contributed by atoms with van der Waals surface area (Å²) in [6, 6.07) is 9.41. The molecule has 0 radical (unpaired) electrons. The molecule has 0 bridgehead atoms. The number of hydrogen-bond donors (Lipinski definition) is 1. The van der Waals surface area contributed by atoms with Crippen LogP contribution >= 0.6 is 0 Å². The van der Waals surface area contributed by atoms with Crippen LogP contribution in [0.3, 0.4) is 0 Å². The fourth-order valence-corrected chi connectivity index (χ4v) is 3.10. The van der Waals surface area contributed by atoms with Gasteiger partial charge in [0.05, 0.1) is 19.8 Å². The Bertz CT molecular complexity index is 661. The zero-order valence-corrected chi connectivity index (χ0v) is 14.3. The molecule has 0 spiro atoms. The summed E-state index contributed by atoms with van der Waals surface area (Å²) in [7, 11) is 1.59. The number of nitrogens with zero attached hydrogens (tertiary/aromatic N) is 1. The largest absolute Gasteiger partial charge is 0.507 e. The van der Waals surface area contributed by atoms with Crippen molar-refractivity contribution in [1.29, 1.82) is 0 Å². The summed E-state index contributed by atoms with van der Waals surface area (Å²) in [4.78, 5) is 2.26. The van der Waals surface area contributed by atoms with E-state index in [1.165, 1.54) is 0 Å². The molecule has 5 heteroatoms. The molecule has 1 N–H and O–H groups in total. The van der Waals surface area contributed by atoms with Crippen LogP contribution in [0.15, 0.2) is 34.7 Å². The Morgan fingerprint density at radius 2 is 2.12 bits per heavy atom. The van der Waals surface area contributed by atoms with Crippen molar-refractivity contribution in [3.05, 3.63) is 47.4 Å². The molecule has 0 amide bonds. The van der Waals surface area contributed by atoms with E-state index in [4.69, 9.17) is 13.9 Å². The van der Waals surface area contributed by atoms with Crippen LogP contribution in [0.4, 0.5) is 0 Å². The number of ether oxygens (including phenoxy) is 2. The quantitative estimate of drug-likeness (QED) is 0.842. The maximum atomic E-state index is 10.2. The van der Waals surface area contributed by atoms with E-state index < -0.39 is 0 Å². The SMILES string of the molecule is COc1ccc(CN(Cc2ccc(C)o2)CC2CCCO2)c(O)c1. The summed E-state index contributed by atoms with van der Waals surface area (Å²) in [6.07, 6.45) is 2.45. The Morgan fingerprint density at radius 1 is 1.25 bits per heavy atom. The third kappa shape index (κ3) is 4.30. The average Bonchev–Trinajstić information content (AvgIpc) is 3.21. The zero-order valence-electron chi connectivity index (χ0n) is 14.3. The molecule has 2 aromatic rings. The molecule has 24 heavy (non-hydrogen) atoms. The highest BCUT2D eigenvalue weighted by molar-refractivity contribution is 5.39. The van der Waals surface area contributed by atoms with Gasteiger partial charge in [-0.3, -0.25) is 4.90 Å². The average molecular weight is 331 g/mol. The van der Waals surface area contributed by atoms with Crippen molar-refractivity contribution in [1.82, 2.24) is 4.90 Å². The molecule has 3 rings (SSSR count). The van der Waals surface area contributed by atoms with Crippen molar-refractivity contribution < 1.29 is 19.0 Å². The van der Waals surface area contributed by atoms with Crippen LogP contribution < -0.4 is 4.74 Å². The van der Waals surface area contributed by atoms with Gasteiger partial charge in [0.15, 0.2) is 0 Å². The highest BCUT2D eigenvalue weighted by atomic mass is 16.5. The third-order valence-electron chi connectivity index (χ3n) is 4.35. The van der Waals surface area contributed by atoms with E-state index in [1.807, 2.05) is 31.2 Å². The van der Waals surface area contributed by atoms with Gasteiger partial charge in [-0.05, 0) is 38.0 Å². The van der Waals surface area contributed by atoms with Gasteiger partial charge in [-0.1, -0.05) is 6.07 Å². The van der Waals surface area contributed by atoms with Crippen molar-refractivity contribution in [2.45, 2.75) is 39.0 Å². The van der Waals surface area contributed by atoms with E-state index in [1.54, 1.807) is 13.2 Å². The number of methoxy groups -OCH3 is 1. The third-order valence-corrected chi connectivity index (χ3v) is 4.35. The topological polar surface area (TPSA) is 55.1 Å². The Morgan fingerprint density at radius 3 is 2.75 bits per heavy atom. The predicted molar refractivity (Wildman–Crippen MR) is 91.2 cm³/mol. The van der Waals surface area contributed by atoms with Gasteiger partial charge < -0.3 is 19.0 Å². The number of phenolic OH excluding ortho intramolecular Hbond substituents is 1. The van der Waals surface area contributed by atoms with E-state index in [-0.39, 0.29) is 11.9 Å². The summed E-state index contributed by atoms with van der Waals surface area (Å²) < 4.78 is 16.6. The molecule has 1 aliphatic rings. The summed E-state index contributed by atoms with van der Waals surface area (Å²) in [5.74, 6) is 2.75. The lowest BCUT2D eigenvalue weighted by molar-refractivity contribution is 0.0651. The van der Waals surface area contributed by atoms with Crippen molar-refractivity contribution >= 4 is 0 Å². The van der Waals surface area contributed by atoms with Crippen LogP contribution in [0.2, 0.25) is 0 Å². The van der Waals surface area contributed by atoms with Crippen LogP contribution in [0, 0.1) is 6.92 Å². The van der Waals surface area contributed by atoms with Crippen LogP contribution in [-0.2, 0) is 17.8 Å². The fourth-order valence-electron chi connectivity index (χ4n) is 3.10. The van der Waals surface area contributed by atoms with Gasteiger partial charge in [-0.25, -0.2) is 0 Å². The molecule has 0 aliphatic carbocycles. The van der Waals surface area contributed by atoms with E-state index >= 15 is 0 Å². The van der Waals surface area contributed by atoms with E-state index in [0.29, 0.717) is 18.8 Å². The van der Waals surface area contributed by atoms with Crippen LogP contribution in [0.5, 0.6) is 11.5 Å². The molecule has 1 unspecified atom stereocenters. The van der Waals surface area contributed by atoms with E-state index in [2.05, 4.69) is 4.90 Å². The van der Waals surface area contributed by atoms with Crippen LogP contribution in [0.1, 0.15) is 29.9 Å². The van der Waals surface area contributed by atoms with E-state index in [9.17, 15) is 5.11 Å². The lowest BCUT2D eigenvalue weighted by atomic mass is 10.1. The minimum absolute atomic E-state index is 0.251. The zero-order chi connectivity index (χ0) is 16.9. The number of hydrogen-bond acceptors (Lipinski definition) is 5. The van der Waals surface area contributed by atoms with Gasteiger partial charge in [-0.15, -0.1) is 0 Å².